The molecular weight excluding hydrogens is 503 g/mol. The van der Waals surface area contributed by atoms with Crippen molar-refractivity contribution in [2.24, 2.45) is 16.8 Å². The molecule has 172 valence electrons. The highest BCUT2D eigenvalue weighted by Crippen LogP contribution is 2.44. The highest BCUT2D eigenvalue weighted by molar-refractivity contribution is 14.0. The standard InChI is InChI=1S/C23H36N6O.HI/c1-16-5-4-6-21(25-16)29-11-9-19(10-12-29)26-23(24-15-22(30)28(2)3)27-20-14-17-7-8-18(20)13-17;/h4-6,17-20H,7-15H2,1-3H3,(H2,24,26,27);1H. The minimum Gasteiger partial charge on any atom is -0.356 e. The molecule has 3 fully saturated rings. The number of piperidine rings is 1. The largest absolute Gasteiger partial charge is 0.356 e. The molecular formula is C23H37IN6O. The van der Waals surface area contributed by atoms with Gasteiger partial charge in [-0.15, -0.1) is 24.0 Å². The zero-order valence-electron chi connectivity index (χ0n) is 19.0. The van der Waals surface area contributed by atoms with Gasteiger partial charge >= 0.3 is 0 Å². The van der Waals surface area contributed by atoms with Gasteiger partial charge in [0.2, 0.25) is 5.91 Å². The van der Waals surface area contributed by atoms with Crippen LogP contribution in [0.15, 0.2) is 23.2 Å². The van der Waals surface area contributed by atoms with Crippen molar-refractivity contribution in [1.29, 1.82) is 0 Å². The minimum absolute atomic E-state index is 0. The highest BCUT2D eigenvalue weighted by atomic mass is 127. The van der Waals surface area contributed by atoms with Crippen molar-refractivity contribution >= 4 is 41.7 Å². The second-order valence-corrected chi connectivity index (χ2v) is 9.42. The first-order chi connectivity index (χ1) is 14.5. The molecule has 2 N–H and O–H groups in total. The number of likely N-dealkylation sites (N-methyl/N-ethyl adjacent to an activating group) is 1. The minimum atomic E-state index is 0. The van der Waals surface area contributed by atoms with Gasteiger partial charge in [0.25, 0.3) is 0 Å². The number of hydrogen-bond donors (Lipinski definition) is 2. The van der Waals surface area contributed by atoms with E-state index in [-0.39, 0.29) is 36.4 Å². The van der Waals surface area contributed by atoms with Crippen molar-refractivity contribution in [2.45, 2.75) is 57.5 Å². The molecule has 1 saturated heterocycles. The van der Waals surface area contributed by atoms with Crippen LogP contribution < -0.4 is 15.5 Å². The van der Waals surface area contributed by atoms with Crippen molar-refractivity contribution in [3.8, 4) is 0 Å². The van der Waals surface area contributed by atoms with Crippen LogP contribution in [0.4, 0.5) is 5.82 Å². The molecule has 2 heterocycles. The Labute approximate surface area is 203 Å². The SMILES string of the molecule is Cc1cccc(N2CCC(NC(=NCC(=O)N(C)C)NC3CC4CCC3C4)CC2)n1.I. The number of nitrogens with one attached hydrogen (secondary N) is 2. The summed E-state index contributed by atoms with van der Waals surface area (Å²) in [6.45, 7) is 4.18. The number of guanidine groups is 1. The van der Waals surface area contributed by atoms with Crippen molar-refractivity contribution in [3.05, 3.63) is 23.9 Å². The van der Waals surface area contributed by atoms with Crippen molar-refractivity contribution in [1.82, 2.24) is 20.5 Å². The molecule has 8 heteroatoms. The Balaban J connectivity index is 0.00000272. The number of nitrogens with zero attached hydrogens (tertiary/aromatic N) is 4. The van der Waals surface area contributed by atoms with Crippen LogP contribution in [0.3, 0.4) is 0 Å². The van der Waals surface area contributed by atoms with Crippen LogP contribution in [-0.2, 0) is 4.79 Å². The van der Waals surface area contributed by atoms with E-state index in [1.165, 1.54) is 25.7 Å². The summed E-state index contributed by atoms with van der Waals surface area (Å²) < 4.78 is 0. The van der Waals surface area contributed by atoms with E-state index in [0.717, 1.165) is 55.2 Å². The molecule has 0 aromatic carbocycles. The summed E-state index contributed by atoms with van der Waals surface area (Å²) in [7, 11) is 3.56. The van der Waals surface area contributed by atoms with Crippen molar-refractivity contribution in [2.75, 3.05) is 38.6 Å². The molecule has 1 aromatic heterocycles. The van der Waals surface area contributed by atoms with E-state index in [2.05, 4.69) is 37.6 Å². The van der Waals surface area contributed by atoms with E-state index in [1.807, 2.05) is 13.0 Å². The Morgan fingerprint density at radius 3 is 2.55 bits per heavy atom. The predicted octanol–water partition coefficient (Wildman–Crippen LogP) is 2.79. The van der Waals surface area contributed by atoms with Gasteiger partial charge in [-0.05, 0) is 63.0 Å². The lowest BCUT2D eigenvalue weighted by atomic mass is 9.95. The van der Waals surface area contributed by atoms with Gasteiger partial charge < -0.3 is 20.4 Å². The molecule has 7 nitrogen and oxygen atoms in total. The smallest absolute Gasteiger partial charge is 0.243 e. The molecule has 31 heavy (non-hydrogen) atoms. The molecule has 3 aliphatic rings. The Morgan fingerprint density at radius 1 is 1.16 bits per heavy atom. The van der Waals surface area contributed by atoms with Gasteiger partial charge in [-0.25, -0.2) is 9.98 Å². The van der Waals surface area contributed by atoms with Crippen LogP contribution >= 0.6 is 24.0 Å². The third-order valence-electron chi connectivity index (χ3n) is 6.96. The monoisotopic (exact) mass is 540 g/mol. The Bertz CT molecular complexity index is 777. The fraction of sp³-hybridized carbons (Fsp3) is 0.696. The Hall–Kier alpha value is -1.58. The van der Waals surface area contributed by atoms with Gasteiger partial charge in [0.05, 0.1) is 0 Å². The fourth-order valence-electron chi connectivity index (χ4n) is 5.17. The second-order valence-electron chi connectivity index (χ2n) is 9.42. The third-order valence-corrected chi connectivity index (χ3v) is 6.96. The van der Waals surface area contributed by atoms with E-state index in [0.29, 0.717) is 12.1 Å². The lowest BCUT2D eigenvalue weighted by Crippen LogP contribution is -2.52. The number of carbonyl (C=O) groups is 1. The van der Waals surface area contributed by atoms with E-state index in [9.17, 15) is 4.79 Å². The maximum atomic E-state index is 12.1. The summed E-state index contributed by atoms with van der Waals surface area (Å²) in [6.07, 6.45) is 7.37. The number of rotatable bonds is 5. The van der Waals surface area contributed by atoms with Gasteiger partial charge in [0.1, 0.15) is 12.4 Å². The summed E-state index contributed by atoms with van der Waals surface area (Å²) >= 11 is 0. The number of aliphatic imine (C=N–C) groups is 1. The van der Waals surface area contributed by atoms with Crippen LogP contribution in [0.2, 0.25) is 0 Å². The van der Waals surface area contributed by atoms with Gasteiger partial charge in [0, 0.05) is 45.0 Å². The maximum Gasteiger partial charge on any atom is 0.243 e. The van der Waals surface area contributed by atoms with E-state index >= 15 is 0 Å². The summed E-state index contributed by atoms with van der Waals surface area (Å²) in [5.41, 5.74) is 1.06. The number of amides is 1. The summed E-state index contributed by atoms with van der Waals surface area (Å²) in [6, 6.07) is 7.08. The zero-order chi connectivity index (χ0) is 21.1. The first-order valence-corrected chi connectivity index (χ1v) is 11.4. The first kappa shape index (κ1) is 24.1. The summed E-state index contributed by atoms with van der Waals surface area (Å²) in [5, 5.41) is 7.32. The second kappa shape index (κ2) is 10.8. The van der Waals surface area contributed by atoms with Gasteiger partial charge in [-0.1, -0.05) is 12.5 Å². The number of anilines is 1. The van der Waals surface area contributed by atoms with Crippen LogP contribution in [-0.4, -0.2) is 67.6 Å². The zero-order valence-corrected chi connectivity index (χ0v) is 21.3. The molecule has 2 aliphatic carbocycles. The van der Waals surface area contributed by atoms with Crippen LogP contribution in [0.5, 0.6) is 0 Å². The molecule has 0 radical (unpaired) electrons. The summed E-state index contributed by atoms with van der Waals surface area (Å²) in [5.74, 6) is 3.56. The highest BCUT2D eigenvalue weighted by Gasteiger charge is 2.40. The molecule has 2 bridgehead atoms. The number of carbonyl (C=O) groups excluding carboxylic acids is 1. The summed E-state index contributed by atoms with van der Waals surface area (Å²) in [4.78, 5) is 25.4. The number of fused-ring (bicyclic) bond motifs is 2. The maximum absolute atomic E-state index is 12.1. The average Bonchev–Trinajstić information content (AvgIpc) is 3.35. The third kappa shape index (κ3) is 6.23. The molecule has 3 unspecified atom stereocenters. The van der Waals surface area contributed by atoms with E-state index < -0.39 is 0 Å². The van der Waals surface area contributed by atoms with Gasteiger partial charge in [-0.3, -0.25) is 4.79 Å². The van der Waals surface area contributed by atoms with Crippen molar-refractivity contribution in [3.63, 3.8) is 0 Å². The lowest BCUT2D eigenvalue weighted by Gasteiger charge is -2.35. The molecule has 1 aromatic rings. The number of hydrogen-bond acceptors (Lipinski definition) is 4. The molecule has 1 amide bonds. The van der Waals surface area contributed by atoms with Crippen molar-refractivity contribution < 1.29 is 4.79 Å². The van der Waals surface area contributed by atoms with Gasteiger partial charge in [-0.2, -0.15) is 0 Å². The topological polar surface area (TPSA) is 72.9 Å². The lowest BCUT2D eigenvalue weighted by molar-refractivity contribution is -0.127. The molecule has 4 rings (SSSR count). The molecule has 0 spiro atoms. The van der Waals surface area contributed by atoms with E-state index in [4.69, 9.17) is 0 Å². The van der Waals surface area contributed by atoms with E-state index in [1.54, 1.807) is 19.0 Å². The van der Waals surface area contributed by atoms with Crippen LogP contribution in [0, 0.1) is 18.8 Å². The number of pyridine rings is 1. The normalized spacial score (nSPS) is 25.8. The first-order valence-electron chi connectivity index (χ1n) is 11.4. The predicted molar refractivity (Wildman–Crippen MR) is 136 cm³/mol. The number of aromatic nitrogens is 1. The number of halogens is 1. The fourth-order valence-corrected chi connectivity index (χ4v) is 5.17. The average molecular weight is 540 g/mol. The van der Waals surface area contributed by atoms with Crippen LogP contribution in [0.25, 0.3) is 0 Å². The molecule has 3 atom stereocenters. The Morgan fingerprint density at radius 2 is 1.94 bits per heavy atom. The quantitative estimate of drug-likeness (QED) is 0.342. The van der Waals surface area contributed by atoms with Crippen LogP contribution in [0.1, 0.15) is 44.2 Å². The molecule has 1 aliphatic heterocycles. The van der Waals surface area contributed by atoms with Gasteiger partial charge in [0.15, 0.2) is 5.96 Å². The Kier molecular flexibility index (Phi) is 8.41. The molecule has 2 saturated carbocycles. The number of aryl methyl sites for hydroxylation is 1.